The molecule has 9 heteroatoms. The summed E-state index contributed by atoms with van der Waals surface area (Å²) in [5, 5.41) is 9.34. The van der Waals surface area contributed by atoms with Crippen molar-refractivity contribution >= 4 is 44.2 Å². The van der Waals surface area contributed by atoms with Gasteiger partial charge in [0.25, 0.3) is 11.8 Å². The summed E-state index contributed by atoms with van der Waals surface area (Å²) in [5.74, 6) is -0.779. The van der Waals surface area contributed by atoms with E-state index in [4.69, 9.17) is 5.14 Å². The van der Waals surface area contributed by atoms with Crippen LogP contribution in [0.2, 0.25) is 0 Å². The van der Waals surface area contributed by atoms with E-state index in [1.54, 1.807) is 12.1 Å². The van der Waals surface area contributed by atoms with Gasteiger partial charge in [-0.3, -0.25) is 19.3 Å². The topological polar surface area (TPSA) is 127 Å². The van der Waals surface area contributed by atoms with Gasteiger partial charge in [0, 0.05) is 35.2 Å². The van der Waals surface area contributed by atoms with E-state index >= 15 is 0 Å². The Bertz CT molecular complexity index is 1300. The highest BCUT2D eigenvalue weighted by Gasteiger charge is 2.32. The Labute approximate surface area is 191 Å². The van der Waals surface area contributed by atoms with E-state index in [-0.39, 0.29) is 29.0 Å². The predicted molar refractivity (Wildman–Crippen MR) is 124 cm³/mol. The molecule has 3 aromatic carbocycles. The first kappa shape index (κ1) is 22.6. The van der Waals surface area contributed by atoms with Crippen molar-refractivity contribution in [3.05, 3.63) is 71.8 Å². The number of nitrogens with two attached hydrogens (primary N) is 1. The van der Waals surface area contributed by atoms with Crippen molar-refractivity contribution in [2.45, 2.75) is 30.6 Å². The standard InChI is InChI=1S/C24H23N3O5S/c25-33(31,32)18-13-11-17(12-14-18)26-21(28)10-2-1-3-15-27-23(29)19-8-4-6-16-7-5-9-20(22(16)19)24(27)30/h4-9,11-14H,1-3,10,15H2,(H,26,28)(H2,25,31,32). The second kappa shape index (κ2) is 9.13. The molecular weight excluding hydrogens is 442 g/mol. The van der Waals surface area contributed by atoms with Crippen molar-refractivity contribution in [2.24, 2.45) is 5.14 Å². The van der Waals surface area contributed by atoms with Crippen LogP contribution in [0.25, 0.3) is 10.8 Å². The van der Waals surface area contributed by atoms with Gasteiger partial charge in [-0.2, -0.15) is 0 Å². The molecule has 1 aliphatic rings. The van der Waals surface area contributed by atoms with E-state index in [1.807, 2.05) is 24.3 Å². The zero-order valence-corrected chi connectivity index (χ0v) is 18.6. The van der Waals surface area contributed by atoms with Crippen molar-refractivity contribution in [2.75, 3.05) is 11.9 Å². The fraction of sp³-hybridized carbons (Fsp3) is 0.208. The third-order valence-electron chi connectivity index (χ3n) is 5.61. The smallest absolute Gasteiger partial charge is 0.261 e. The molecule has 8 nitrogen and oxygen atoms in total. The molecule has 170 valence electrons. The van der Waals surface area contributed by atoms with Crippen LogP contribution in [0.3, 0.4) is 0 Å². The van der Waals surface area contributed by atoms with E-state index in [1.165, 1.54) is 29.2 Å². The fourth-order valence-electron chi connectivity index (χ4n) is 3.97. The van der Waals surface area contributed by atoms with Gasteiger partial charge in [-0.25, -0.2) is 13.6 Å². The molecule has 0 saturated heterocycles. The van der Waals surface area contributed by atoms with Crippen molar-refractivity contribution in [3.63, 3.8) is 0 Å². The maximum absolute atomic E-state index is 12.9. The molecule has 0 unspecified atom stereocenters. The lowest BCUT2D eigenvalue weighted by atomic mass is 9.94. The molecule has 0 fully saturated rings. The van der Waals surface area contributed by atoms with Crippen LogP contribution in [0.4, 0.5) is 5.69 Å². The summed E-state index contributed by atoms with van der Waals surface area (Å²) in [6.07, 6.45) is 2.11. The second-order valence-corrected chi connectivity index (χ2v) is 9.46. The molecule has 33 heavy (non-hydrogen) atoms. The second-order valence-electron chi connectivity index (χ2n) is 7.90. The molecule has 4 rings (SSSR count). The summed E-state index contributed by atoms with van der Waals surface area (Å²) < 4.78 is 22.6. The molecule has 3 amide bonds. The maximum Gasteiger partial charge on any atom is 0.261 e. The summed E-state index contributed by atoms with van der Waals surface area (Å²) in [6.45, 7) is 0.291. The SMILES string of the molecule is NS(=O)(=O)c1ccc(NC(=O)CCCCCN2C(=O)c3cccc4cccc(c34)C2=O)cc1. The molecule has 0 bridgehead atoms. The van der Waals surface area contributed by atoms with Gasteiger partial charge < -0.3 is 5.32 Å². The van der Waals surface area contributed by atoms with Crippen molar-refractivity contribution < 1.29 is 22.8 Å². The largest absolute Gasteiger partial charge is 0.326 e. The number of hydrogen-bond acceptors (Lipinski definition) is 5. The van der Waals surface area contributed by atoms with E-state index in [0.717, 1.165) is 5.39 Å². The van der Waals surface area contributed by atoms with Gasteiger partial charge in [-0.05, 0) is 54.6 Å². The summed E-state index contributed by atoms with van der Waals surface area (Å²) >= 11 is 0. The number of carbonyl (C=O) groups excluding carboxylic acids is 3. The fourth-order valence-corrected chi connectivity index (χ4v) is 4.48. The Kier molecular flexibility index (Phi) is 6.26. The number of carbonyl (C=O) groups is 3. The van der Waals surface area contributed by atoms with Crippen molar-refractivity contribution in [1.29, 1.82) is 0 Å². The Morgan fingerprint density at radius 1 is 0.848 bits per heavy atom. The highest BCUT2D eigenvalue weighted by Crippen LogP contribution is 2.30. The minimum absolute atomic E-state index is 0.0267. The van der Waals surface area contributed by atoms with Crippen LogP contribution in [-0.4, -0.2) is 37.6 Å². The van der Waals surface area contributed by atoms with Crippen LogP contribution in [0, 0.1) is 0 Å². The molecule has 3 N–H and O–H groups in total. The molecule has 1 heterocycles. The first-order valence-corrected chi connectivity index (χ1v) is 12.1. The Morgan fingerprint density at radius 3 is 2.03 bits per heavy atom. The van der Waals surface area contributed by atoms with Crippen LogP contribution < -0.4 is 10.5 Å². The highest BCUT2D eigenvalue weighted by atomic mass is 32.2. The van der Waals surface area contributed by atoms with E-state index in [2.05, 4.69) is 5.32 Å². The van der Waals surface area contributed by atoms with Gasteiger partial charge >= 0.3 is 0 Å². The van der Waals surface area contributed by atoms with Gasteiger partial charge in [0.05, 0.1) is 4.90 Å². The molecule has 0 aromatic heterocycles. The zero-order valence-electron chi connectivity index (χ0n) is 17.8. The molecule has 0 saturated carbocycles. The monoisotopic (exact) mass is 465 g/mol. The van der Waals surface area contributed by atoms with Gasteiger partial charge in [-0.1, -0.05) is 30.7 Å². The summed E-state index contributed by atoms with van der Waals surface area (Å²) in [5.41, 5.74) is 1.55. The summed E-state index contributed by atoms with van der Waals surface area (Å²) in [7, 11) is -3.78. The van der Waals surface area contributed by atoms with Crippen molar-refractivity contribution in [3.8, 4) is 0 Å². The lowest BCUT2D eigenvalue weighted by molar-refractivity contribution is -0.116. The number of rotatable bonds is 8. The van der Waals surface area contributed by atoms with Gasteiger partial charge in [0.1, 0.15) is 0 Å². The Morgan fingerprint density at radius 2 is 1.45 bits per heavy atom. The minimum Gasteiger partial charge on any atom is -0.326 e. The third-order valence-corrected chi connectivity index (χ3v) is 6.54. The lowest BCUT2D eigenvalue weighted by Crippen LogP contribution is -2.40. The molecule has 0 radical (unpaired) electrons. The van der Waals surface area contributed by atoms with Crippen molar-refractivity contribution in [1.82, 2.24) is 4.90 Å². The molecule has 3 aromatic rings. The zero-order chi connectivity index (χ0) is 23.6. The predicted octanol–water partition coefficient (Wildman–Crippen LogP) is 3.28. The number of amides is 3. The van der Waals surface area contributed by atoms with Gasteiger partial charge in [0.2, 0.25) is 15.9 Å². The van der Waals surface area contributed by atoms with Crippen LogP contribution in [-0.2, 0) is 14.8 Å². The number of hydrogen-bond donors (Lipinski definition) is 2. The van der Waals surface area contributed by atoms with E-state index < -0.39 is 10.0 Å². The average molecular weight is 466 g/mol. The minimum atomic E-state index is -3.78. The van der Waals surface area contributed by atoms with Gasteiger partial charge in [0.15, 0.2) is 0 Å². The lowest BCUT2D eigenvalue weighted by Gasteiger charge is -2.27. The number of nitrogens with zero attached hydrogens (tertiary/aromatic N) is 1. The number of unbranched alkanes of at least 4 members (excludes halogenated alkanes) is 2. The number of primary sulfonamides is 1. The van der Waals surface area contributed by atoms with Crippen LogP contribution in [0.1, 0.15) is 46.4 Å². The van der Waals surface area contributed by atoms with E-state index in [9.17, 15) is 22.8 Å². The van der Waals surface area contributed by atoms with Crippen LogP contribution in [0.15, 0.2) is 65.6 Å². The molecular formula is C24H23N3O5S. The third kappa shape index (κ3) is 4.79. The van der Waals surface area contributed by atoms with Gasteiger partial charge in [-0.15, -0.1) is 0 Å². The number of nitrogens with one attached hydrogen (secondary N) is 1. The Balaban J connectivity index is 1.27. The number of benzene rings is 3. The normalized spacial score (nSPS) is 13.4. The van der Waals surface area contributed by atoms with Crippen LogP contribution in [0.5, 0.6) is 0 Å². The molecule has 0 spiro atoms. The first-order valence-electron chi connectivity index (χ1n) is 10.6. The molecule has 0 atom stereocenters. The number of imide groups is 1. The number of anilines is 1. The maximum atomic E-state index is 12.9. The molecule has 0 aliphatic carbocycles. The Hall–Kier alpha value is -3.56. The van der Waals surface area contributed by atoms with E-state index in [0.29, 0.717) is 48.0 Å². The molecule has 1 aliphatic heterocycles. The number of sulfonamides is 1. The summed E-state index contributed by atoms with van der Waals surface area (Å²) in [6, 6.07) is 16.5. The highest BCUT2D eigenvalue weighted by molar-refractivity contribution is 7.89. The quantitative estimate of drug-likeness (QED) is 0.390. The average Bonchev–Trinajstić information content (AvgIpc) is 2.79. The summed E-state index contributed by atoms with van der Waals surface area (Å²) in [4.78, 5) is 39.1. The van der Waals surface area contributed by atoms with Crippen LogP contribution >= 0.6 is 0 Å². The first-order chi connectivity index (χ1) is 15.8.